The summed E-state index contributed by atoms with van der Waals surface area (Å²) >= 11 is 0. The summed E-state index contributed by atoms with van der Waals surface area (Å²) in [4.78, 5) is 43.5. The number of hydrogen-bond acceptors (Lipinski definition) is 4. The van der Waals surface area contributed by atoms with Crippen LogP contribution in [0.1, 0.15) is 52.5 Å². The van der Waals surface area contributed by atoms with Crippen molar-refractivity contribution in [3.05, 3.63) is 107 Å². The Morgan fingerprint density at radius 2 is 1.34 bits per heavy atom. The molecule has 0 spiro atoms. The average molecular weight is 507 g/mol. The van der Waals surface area contributed by atoms with Gasteiger partial charge in [0, 0.05) is 31.4 Å². The van der Waals surface area contributed by atoms with E-state index in [1.165, 1.54) is 4.90 Å². The topological polar surface area (TPSA) is 75.7 Å². The van der Waals surface area contributed by atoms with Crippen LogP contribution >= 0.6 is 0 Å². The quantitative estimate of drug-likeness (QED) is 0.517. The SMILES string of the molecule is O=C(NC[C@@H]1CCCO1)[C@H](Cc1ccccc1)N1C(=O)[C@@H]2C3c4ccccc4C(c4ccccc43)[C@H]2C1=O. The highest BCUT2D eigenvalue weighted by atomic mass is 16.5. The first-order chi connectivity index (χ1) is 18.6. The molecule has 38 heavy (non-hydrogen) atoms. The number of ether oxygens (including phenoxy) is 1. The van der Waals surface area contributed by atoms with Crippen molar-refractivity contribution < 1.29 is 19.1 Å². The van der Waals surface area contributed by atoms with Gasteiger partial charge in [0.25, 0.3) is 0 Å². The van der Waals surface area contributed by atoms with Crippen LogP contribution in [0, 0.1) is 11.8 Å². The van der Waals surface area contributed by atoms with E-state index in [-0.39, 0.29) is 42.1 Å². The average Bonchev–Trinajstić information content (AvgIpc) is 3.57. The number of nitrogens with one attached hydrogen (secondary N) is 1. The first-order valence-electron chi connectivity index (χ1n) is 13.6. The number of imide groups is 1. The van der Waals surface area contributed by atoms with Crippen LogP contribution in [0.15, 0.2) is 78.9 Å². The normalized spacial score (nSPS) is 27.6. The zero-order valence-corrected chi connectivity index (χ0v) is 21.1. The molecule has 6 nitrogen and oxygen atoms in total. The minimum Gasteiger partial charge on any atom is -0.376 e. The van der Waals surface area contributed by atoms with E-state index in [0.29, 0.717) is 13.2 Å². The molecular weight excluding hydrogens is 476 g/mol. The predicted molar refractivity (Wildman–Crippen MR) is 141 cm³/mol. The molecule has 3 aromatic rings. The maximum absolute atomic E-state index is 14.3. The lowest BCUT2D eigenvalue weighted by atomic mass is 9.55. The molecule has 0 saturated carbocycles. The summed E-state index contributed by atoms with van der Waals surface area (Å²) < 4.78 is 5.69. The monoisotopic (exact) mass is 506 g/mol. The van der Waals surface area contributed by atoms with E-state index in [0.717, 1.165) is 40.7 Å². The Hall–Kier alpha value is -3.77. The lowest BCUT2D eigenvalue weighted by Gasteiger charge is -2.45. The Kier molecular flexibility index (Phi) is 5.66. The maximum atomic E-state index is 14.3. The molecule has 0 radical (unpaired) electrons. The Balaban J connectivity index is 1.27. The van der Waals surface area contributed by atoms with E-state index in [1.54, 1.807) is 0 Å². The predicted octanol–water partition coefficient (Wildman–Crippen LogP) is 3.79. The molecule has 192 valence electrons. The van der Waals surface area contributed by atoms with Gasteiger partial charge in [-0.15, -0.1) is 0 Å². The van der Waals surface area contributed by atoms with Crippen LogP contribution in [-0.4, -0.2) is 47.9 Å². The second kappa shape index (κ2) is 9.21. The molecule has 2 fully saturated rings. The van der Waals surface area contributed by atoms with E-state index in [9.17, 15) is 14.4 Å². The van der Waals surface area contributed by atoms with Gasteiger partial charge < -0.3 is 10.1 Å². The molecule has 0 unspecified atom stereocenters. The number of carbonyl (C=O) groups excluding carboxylic acids is 3. The zero-order valence-electron chi connectivity index (χ0n) is 21.1. The fraction of sp³-hybridized carbons (Fsp3) is 0.344. The van der Waals surface area contributed by atoms with Crippen molar-refractivity contribution in [3.63, 3.8) is 0 Å². The Bertz CT molecular complexity index is 1300. The first kappa shape index (κ1) is 23.4. The van der Waals surface area contributed by atoms with Gasteiger partial charge in [-0.1, -0.05) is 78.9 Å². The van der Waals surface area contributed by atoms with Crippen LogP contribution in [0.25, 0.3) is 0 Å². The Morgan fingerprint density at radius 3 is 1.84 bits per heavy atom. The second-order valence-corrected chi connectivity index (χ2v) is 10.9. The van der Waals surface area contributed by atoms with E-state index in [4.69, 9.17) is 4.74 Å². The number of hydrogen-bond donors (Lipinski definition) is 1. The van der Waals surface area contributed by atoms with E-state index in [1.807, 2.05) is 54.6 Å². The minimum atomic E-state index is -0.907. The van der Waals surface area contributed by atoms with E-state index >= 15 is 0 Å². The maximum Gasteiger partial charge on any atom is 0.243 e. The third-order valence-electron chi connectivity index (χ3n) is 8.90. The molecule has 5 aliphatic rings. The van der Waals surface area contributed by atoms with Crippen LogP contribution in [-0.2, 0) is 25.5 Å². The largest absolute Gasteiger partial charge is 0.376 e. The first-order valence-corrected chi connectivity index (χ1v) is 13.6. The summed E-state index contributed by atoms with van der Waals surface area (Å²) in [7, 11) is 0. The van der Waals surface area contributed by atoms with Gasteiger partial charge in [-0.05, 0) is 40.7 Å². The van der Waals surface area contributed by atoms with Crippen LogP contribution in [0.5, 0.6) is 0 Å². The molecule has 3 aliphatic carbocycles. The van der Waals surface area contributed by atoms with Crippen molar-refractivity contribution in [2.24, 2.45) is 11.8 Å². The van der Waals surface area contributed by atoms with Gasteiger partial charge in [0.15, 0.2) is 0 Å². The van der Waals surface area contributed by atoms with Crippen molar-refractivity contribution >= 4 is 17.7 Å². The lowest BCUT2D eigenvalue weighted by Crippen LogP contribution is -2.52. The van der Waals surface area contributed by atoms with Gasteiger partial charge >= 0.3 is 0 Å². The molecule has 2 aliphatic heterocycles. The van der Waals surface area contributed by atoms with Gasteiger partial charge in [0.2, 0.25) is 17.7 Å². The molecule has 0 aromatic heterocycles. The van der Waals surface area contributed by atoms with E-state index < -0.39 is 17.9 Å². The van der Waals surface area contributed by atoms with Crippen molar-refractivity contribution in [2.75, 3.05) is 13.2 Å². The molecule has 2 saturated heterocycles. The summed E-state index contributed by atoms with van der Waals surface area (Å²) in [6.45, 7) is 1.08. The summed E-state index contributed by atoms with van der Waals surface area (Å²) in [5, 5.41) is 3.01. The molecule has 3 aromatic carbocycles. The van der Waals surface area contributed by atoms with Crippen molar-refractivity contribution in [1.29, 1.82) is 0 Å². The van der Waals surface area contributed by atoms with Crippen LogP contribution in [0.2, 0.25) is 0 Å². The standard InChI is InChI=1S/C32H30N2O4/c35-30(33-18-20-11-8-16-38-20)25(17-19-9-2-1-3-10-19)34-31(36)28-26-21-12-4-5-13-22(21)27(29(28)32(34)37)24-15-7-6-14-23(24)26/h1-7,9-10,12-15,20,25-29H,8,11,16-18H2,(H,33,35)/t20-,25-,26?,27?,28+,29+/m0/s1. The zero-order chi connectivity index (χ0) is 25.8. The van der Waals surface area contributed by atoms with Crippen molar-refractivity contribution in [1.82, 2.24) is 10.2 Å². The van der Waals surface area contributed by atoms with E-state index in [2.05, 4.69) is 29.6 Å². The number of carbonyl (C=O) groups is 3. The van der Waals surface area contributed by atoms with Crippen molar-refractivity contribution in [3.8, 4) is 0 Å². The molecule has 6 heteroatoms. The highest BCUT2D eigenvalue weighted by molar-refractivity contribution is 6.10. The Labute approximate surface area is 222 Å². The molecule has 1 N–H and O–H groups in total. The fourth-order valence-electron chi connectivity index (χ4n) is 7.28. The molecule has 3 amide bonds. The molecule has 2 heterocycles. The molecule has 4 atom stereocenters. The van der Waals surface area contributed by atoms with Gasteiger partial charge in [-0.2, -0.15) is 0 Å². The third-order valence-corrected chi connectivity index (χ3v) is 8.90. The summed E-state index contributed by atoms with van der Waals surface area (Å²) in [6.07, 6.45) is 2.13. The van der Waals surface area contributed by atoms with Gasteiger partial charge in [0.05, 0.1) is 17.9 Å². The third kappa shape index (κ3) is 3.54. The summed E-state index contributed by atoms with van der Waals surface area (Å²) in [5.41, 5.74) is 5.42. The second-order valence-electron chi connectivity index (χ2n) is 10.9. The lowest BCUT2D eigenvalue weighted by molar-refractivity contribution is -0.148. The fourth-order valence-corrected chi connectivity index (χ4v) is 7.28. The van der Waals surface area contributed by atoms with Gasteiger partial charge in [-0.3, -0.25) is 19.3 Å². The van der Waals surface area contributed by atoms with Crippen molar-refractivity contribution in [2.45, 2.75) is 43.2 Å². The highest BCUT2D eigenvalue weighted by Crippen LogP contribution is 2.61. The smallest absolute Gasteiger partial charge is 0.243 e. The summed E-state index contributed by atoms with van der Waals surface area (Å²) in [5.74, 6) is -2.13. The highest BCUT2D eigenvalue weighted by Gasteiger charge is 2.63. The number of nitrogens with zero attached hydrogens (tertiary/aromatic N) is 1. The number of amides is 3. The summed E-state index contributed by atoms with van der Waals surface area (Å²) in [6, 6.07) is 25.1. The molecule has 8 rings (SSSR count). The molecule has 2 bridgehead atoms. The number of likely N-dealkylation sites (tertiary alicyclic amines) is 1. The number of rotatable bonds is 6. The van der Waals surface area contributed by atoms with Gasteiger partial charge in [-0.25, -0.2) is 0 Å². The van der Waals surface area contributed by atoms with Crippen LogP contribution < -0.4 is 5.32 Å². The van der Waals surface area contributed by atoms with Crippen LogP contribution in [0.4, 0.5) is 0 Å². The number of benzene rings is 3. The van der Waals surface area contributed by atoms with Gasteiger partial charge in [0.1, 0.15) is 6.04 Å². The Morgan fingerprint density at radius 1 is 0.816 bits per heavy atom. The van der Waals surface area contributed by atoms with Crippen LogP contribution in [0.3, 0.4) is 0 Å². The minimum absolute atomic E-state index is 0.0243. The molecular formula is C32H30N2O4.